The van der Waals surface area contributed by atoms with Crippen molar-refractivity contribution in [3.63, 3.8) is 0 Å². The fourth-order valence-electron chi connectivity index (χ4n) is 3.10. The number of phenols is 1. The highest BCUT2D eigenvalue weighted by Crippen LogP contribution is 2.29. The zero-order chi connectivity index (χ0) is 21.3. The molecule has 0 unspecified atom stereocenters. The number of nitrogens with zero attached hydrogens (tertiary/aromatic N) is 2. The number of hydrogen-bond acceptors (Lipinski definition) is 4. The third kappa shape index (κ3) is 3.75. The van der Waals surface area contributed by atoms with Gasteiger partial charge in [0.05, 0.1) is 11.3 Å². The molecule has 1 aromatic heterocycles. The molecule has 0 saturated heterocycles. The summed E-state index contributed by atoms with van der Waals surface area (Å²) in [6.07, 6.45) is 0. The van der Waals surface area contributed by atoms with Gasteiger partial charge in [-0.3, -0.25) is 9.36 Å². The minimum absolute atomic E-state index is 0.0329. The summed E-state index contributed by atoms with van der Waals surface area (Å²) in [5.74, 6) is -1.09. The molecule has 3 aromatic carbocycles. The molecule has 4 aromatic rings. The van der Waals surface area contributed by atoms with Crippen molar-refractivity contribution < 1.29 is 15.0 Å². The Hall–Kier alpha value is -3.71. The highest BCUT2D eigenvalue weighted by atomic mass is 79.9. The number of aromatic carboxylic acids is 1. The number of phenolic OH excluding ortho intramolecular Hbond substituents is 1. The molecule has 6 nitrogen and oxygen atoms in total. The van der Waals surface area contributed by atoms with Gasteiger partial charge in [-0.2, -0.15) is 0 Å². The van der Waals surface area contributed by atoms with Gasteiger partial charge in [0.25, 0.3) is 5.56 Å². The van der Waals surface area contributed by atoms with Crippen LogP contribution in [0.2, 0.25) is 0 Å². The third-order valence-electron chi connectivity index (χ3n) is 4.58. The molecule has 2 N–H and O–H groups in total. The van der Waals surface area contributed by atoms with Crippen LogP contribution in [0.1, 0.15) is 10.4 Å². The van der Waals surface area contributed by atoms with E-state index in [1.54, 1.807) is 48.5 Å². The summed E-state index contributed by atoms with van der Waals surface area (Å²) in [4.78, 5) is 29.2. The van der Waals surface area contributed by atoms with Crippen LogP contribution in [-0.2, 0) is 0 Å². The number of rotatable bonds is 3. The van der Waals surface area contributed by atoms with Crippen molar-refractivity contribution in [2.24, 2.45) is 4.99 Å². The zero-order valence-electron chi connectivity index (χ0n) is 15.5. The molecule has 1 heterocycles. The van der Waals surface area contributed by atoms with E-state index >= 15 is 0 Å². The predicted octanol–water partition coefficient (Wildman–Crippen LogP) is 4.39. The SMILES string of the molecule is O=C(O)c1ccc(-n2c(=Nc3cc(Br)ccc3O)ccc3ccccc3c2=O)cc1. The van der Waals surface area contributed by atoms with Crippen molar-refractivity contribution in [3.05, 3.63) is 105 Å². The Morgan fingerprint density at radius 1 is 0.933 bits per heavy atom. The van der Waals surface area contributed by atoms with E-state index in [1.807, 2.05) is 12.1 Å². The maximum Gasteiger partial charge on any atom is 0.335 e. The van der Waals surface area contributed by atoms with Gasteiger partial charge >= 0.3 is 5.97 Å². The number of benzene rings is 3. The smallest absolute Gasteiger partial charge is 0.335 e. The Kier molecular flexibility index (Phi) is 5.20. The molecule has 0 aliphatic heterocycles. The van der Waals surface area contributed by atoms with Crippen molar-refractivity contribution >= 4 is 38.4 Å². The molecular weight excluding hydrogens is 448 g/mol. The van der Waals surface area contributed by atoms with Crippen molar-refractivity contribution in [1.82, 2.24) is 4.57 Å². The van der Waals surface area contributed by atoms with Crippen LogP contribution in [0, 0.1) is 0 Å². The maximum atomic E-state index is 13.4. The first kappa shape index (κ1) is 19.6. The first-order valence-corrected chi connectivity index (χ1v) is 9.75. The minimum Gasteiger partial charge on any atom is -0.506 e. The molecular formula is C23H15BrN2O4. The molecule has 0 amide bonds. The molecule has 7 heteroatoms. The summed E-state index contributed by atoms with van der Waals surface area (Å²) in [6.45, 7) is 0. The largest absolute Gasteiger partial charge is 0.506 e. The molecule has 148 valence electrons. The number of halogens is 1. The van der Waals surface area contributed by atoms with Gasteiger partial charge in [-0.05, 0) is 60.0 Å². The first-order chi connectivity index (χ1) is 14.4. The van der Waals surface area contributed by atoms with Gasteiger partial charge in [-0.25, -0.2) is 9.79 Å². The number of fused-ring (bicyclic) bond motifs is 1. The number of aromatic nitrogens is 1. The van der Waals surface area contributed by atoms with E-state index in [0.717, 1.165) is 9.86 Å². The summed E-state index contributed by atoms with van der Waals surface area (Å²) in [5, 5.41) is 20.6. The first-order valence-electron chi connectivity index (χ1n) is 8.96. The molecule has 0 radical (unpaired) electrons. The maximum absolute atomic E-state index is 13.4. The summed E-state index contributed by atoms with van der Waals surface area (Å²) in [7, 11) is 0. The van der Waals surface area contributed by atoms with Crippen LogP contribution in [0.15, 0.2) is 93.1 Å². The Balaban J connectivity index is 2.10. The van der Waals surface area contributed by atoms with Crippen LogP contribution in [0.5, 0.6) is 5.75 Å². The average molecular weight is 463 g/mol. The Morgan fingerprint density at radius 2 is 1.67 bits per heavy atom. The van der Waals surface area contributed by atoms with Gasteiger partial charge in [0.15, 0.2) is 0 Å². The third-order valence-corrected chi connectivity index (χ3v) is 5.07. The highest BCUT2D eigenvalue weighted by molar-refractivity contribution is 9.10. The van der Waals surface area contributed by atoms with E-state index in [9.17, 15) is 14.7 Å². The van der Waals surface area contributed by atoms with Crippen LogP contribution < -0.4 is 11.0 Å². The lowest BCUT2D eigenvalue weighted by atomic mass is 10.2. The van der Waals surface area contributed by atoms with E-state index in [2.05, 4.69) is 20.9 Å². The molecule has 4 rings (SSSR count). The average Bonchev–Trinajstić information content (AvgIpc) is 2.88. The van der Waals surface area contributed by atoms with E-state index in [1.165, 1.54) is 22.8 Å². The van der Waals surface area contributed by atoms with Gasteiger partial charge < -0.3 is 10.2 Å². The van der Waals surface area contributed by atoms with Gasteiger partial charge in [-0.15, -0.1) is 0 Å². The van der Waals surface area contributed by atoms with E-state index in [0.29, 0.717) is 11.1 Å². The molecule has 0 aliphatic rings. The molecule has 0 spiro atoms. The lowest BCUT2D eigenvalue weighted by Crippen LogP contribution is -2.28. The zero-order valence-corrected chi connectivity index (χ0v) is 17.1. The molecule has 0 bridgehead atoms. The quantitative estimate of drug-likeness (QED) is 0.472. The summed E-state index contributed by atoms with van der Waals surface area (Å²) in [6, 6.07) is 21.4. The monoisotopic (exact) mass is 462 g/mol. The molecule has 0 aliphatic carbocycles. The van der Waals surface area contributed by atoms with Crippen molar-refractivity contribution in [3.8, 4) is 11.4 Å². The van der Waals surface area contributed by atoms with Crippen molar-refractivity contribution in [2.75, 3.05) is 0 Å². The molecule has 0 atom stereocenters. The lowest BCUT2D eigenvalue weighted by Gasteiger charge is -2.06. The van der Waals surface area contributed by atoms with E-state index < -0.39 is 5.97 Å². The topological polar surface area (TPSA) is 91.9 Å². The number of carboxylic acid groups (broad SMARTS) is 1. The van der Waals surface area contributed by atoms with Crippen LogP contribution in [-0.4, -0.2) is 20.7 Å². The lowest BCUT2D eigenvalue weighted by molar-refractivity contribution is 0.0697. The molecule has 0 saturated carbocycles. The van der Waals surface area contributed by atoms with Crippen LogP contribution >= 0.6 is 15.9 Å². The second kappa shape index (κ2) is 7.96. The van der Waals surface area contributed by atoms with Gasteiger partial charge in [-0.1, -0.05) is 40.2 Å². The van der Waals surface area contributed by atoms with Crippen molar-refractivity contribution in [1.29, 1.82) is 0 Å². The summed E-state index contributed by atoms with van der Waals surface area (Å²) >= 11 is 3.36. The minimum atomic E-state index is -1.05. The molecule has 0 fully saturated rings. The van der Waals surface area contributed by atoms with Crippen molar-refractivity contribution in [2.45, 2.75) is 0 Å². The normalized spacial score (nSPS) is 11.6. The number of carboxylic acids is 1. The predicted molar refractivity (Wildman–Crippen MR) is 118 cm³/mol. The number of carbonyl (C=O) groups is 1. The number of hydrogen-bond donors (Lipinski definition) is 2. The fourth-order valence-corrected chi connectivity index (χ4v) is 3.45. The summed E-state index contributed by atoms with van der Waals surface area (Å²) in [5.41, 5.74) is 0.828. The van der Waals surface area contributed by atoms with Gasteiger partial charge in [0, 0.05) is 9.86 Å². The Labute approximate surface area is 179 Å². The van der Waals surface area contributed by atoms with E-state index in [-0.39, 0.29) is 28.0 Å². The highest BCUT2D eigenvalue weighted by Gasteiger charge is 2.09. The van der Waals surface area contributed by atoms with Crippen LogP contribution in [0.4, 0.5) is 5.69 Å². The second-order valence-electron chi connectivity index (χ2n) is 6.52. The van der Waals surface area contributed by atoms with Crippen LogP contribution in [0.25, 0.3) is 16.5 Å². The fraction of sp³-hybridized carbons (Fsp3) is 0. The summed E-state index contributed by atoms with van der Waals surface area (Å²) < 4.78 is 2.12. The number of aromatic hydroxyl groups is 1. The standard InChI is InChI=1S/C23H15BrN2O4/c24-16-8-11-20(27)19(13-16)25-21-12-7-14-3-1-2-4-18(14)22(28)26(21)17-9-5-15(6-10-17)23(29)30/h1-13,27H,(H,29,30). The van der Waals surface area contributed by atoms with Gasteiger partial charge in [0.1, 0.15) is 16.9 Å². The van der Waals surface area contributed by atoms with Gasteiger partial charge in [0.2, 0.25) is 0 Å². The van der Waals surface area contributed by atoms with Crippen LogP contribution in [0.3, 0.4) is 0 Å². The Morgan fingerprint density at radius 3 is 2.40 bits per heavy atom. The van der Waals surface area contributed by atoms with E-state index in [4.69, 9.17) is 5.11 Å². The molecule has 30 heavy (non-hydrogen) atoms. The Bertz CT molecular complexity index is 1410. The second-order valence-corrected chi connectivity index (χ2v) is 7.43.